The summed E-state index contributed by atoms with van der Waals surface area (Å²) in [4.78, 5) is 0. The first-order valence-electron chi connectivity index (χ1n) is 8.14. The summed E-state index contributed by atoms with van der Waals surface area (Å²) in [6.45, 7) is 0.744. The minimum Gasteiger partial charge on any atom is -0.375 e. The second-order valence-corrected chi connectivity index (χ2v) is 6.88. The van der Waals surface area contributed by atoms with Gasteiger partial charge in [-0.25, -0.2) is 0 Å². The molecule has 0 radical (unpaired) electrons. The van der Waals surface area contributed by atoms with E-state index >= 15 is 0 Å². The van der Waals surface area contributed by atoms with Crippen molar-refractivity contribution in [1.82, 2.24) is 5.32 Å². The highest BCUT2D eigenvalue weighted by Gasteiger charge is 2.42. The van der Waals surface area contributed by atoms with Crippen molar-refractivity contribution < 1.29 is 22.5 Å². The van der Waals surface area contributed by atoms with Crippen LogP contribution in [0.2, 0.25) is 0 Å². The molecular formula is C17H24F3NO2S. The van der Waals surface area contributed by atoms with E-state index in [1.54, 1.807) is 7.11 Å². The van der Waals surface area contributed by atoms with Crippen LogP contribution in [0, 0.1) is 0 Å². The van der Waals surface area contributed by atoms with Crippen LogP contribution in [0.4, 0.5) is 13.2 Å². The minimum absolute atomic E-state index is 0.255. The third kappa shape index (κ3) is 4.65. The van der Waals surface area contributed by atoms with Crippen molar-refractivity contribution in [3.63, 3.8) is 0 Å². The maximum absolute atomic E-state index is 12.8. The van der Waals surface area contributed by atoms with Crippen LogP contribution in [-0.4, -0.2) is 29.5 Å². The van der Waals surface area contributed by atoms with Crippen molar-refractivity contribution in [2.75, 3.05) is 19.4 Å². The van der Waals surface area contributed by atoms with Gasteiger partial charge in [-0.15, -0.1) is 0 Å². The zero-order chi connectivity index (χ0) is 17.6. The van der Waals surface area contributed by atoms with Crippen molar-refractivity contribution in [2.24, 2.45) is 0 Å². The molecule has 0 saturated heterocycles. The Morgan fingerprint density at radius 3 is 2.38 bits per heavy atom. The molecule has 0 spiro atoms. The van der Waals surface area contributed by atoms with Gasteiger partial charge >= 0.3 is 6.18 Å². The number of ether oxygens (including phenoxy) is 1. The molecule has 1 atom stereocenters. The van der Waals surface area contributed by atoms with E-state index in [2.05, 4.69) is 5.32 Å². The Hall–Kier alpha value is -0.760. The Kier molecular flexibility index (Phi) is 6.98. The molecule has 7 heteroatoms. The van der Waals surface area contributed by atoms with Crippen molar-refractivity contribution in [2.45, 2.75) is 49.9 Å². The van der Waals surface area contributed by atoms with Gasteiger partial charge in [-0.3, -0.25) is 0 Å². The number of methoxy groups -OCH3 is 1. The Balaban J connectivity index is 2.16. The first kappa shape index (κ1) is 19.6. The van der Waals surface area contributed by atoms with E-state index in [1.165, 1.54) is 12.1 Å². The van der Waals surface area contributed by atoms with Crippen LogP contribution in [0.5, 0.6) is 0 Å². The molecule has 1 fully saturated rings. The molecule has 1 aliphatic carbocycles. The highest BCUT2D eigenvalue weighted by atomic mass is 32.2. The second-order valence-electron chi connectivity index (χ2n) is 6.21. The molecule has 0 aromatic heterocycles. The standard InChI is InChI=1S/C17H24F3NO2S/c1-23-15(13-5-7-14(8-6-13)17(18,19)20)16(9-2-3-10-16)21-11-4-12-24-22/h5-8,15,21-22H,2-4,9-12H2,1H3. The molecule has 1 aromatic carbocycles. The summed E-state index contributed by atoms with van der Waals surface area (Å²) in [5, 5.41) is 3.55. The fourth-order valence-corrected chi connectivity index (χ4v) is 3.81. The van der Waals surface area contributed by atoms with Crippen LogP contribution in [0.3, 0.4) is 0 Å². The number of hydrogen-bond acceptors (Lipinski definition) is 4. The van der Waals surface area contributed by atoms with Gasteiger partial charge in [0, 0.05) is 18.4 Å². The summed E-state index contributed by atoms with van der Waals surface area (Å²) >= 11 is 0.820. The zero-order valence-electron chi connectivity index (χ0n) is 13.7. The van der Waals surface area contributed by atoms with Gasteiger partial charge in [-0.05, 0) is 55.5 Å². The average molecular weight is 363 g/mol. The minimum atomic E-state index is -4.33. The highest BCUT2D eigenvalue weighted by molar-refractivity contribution is 7.93. The molecule has 2 N–H and O–H groups in total. The second kappa shape index (κ2) is 8.56. The van der Waals surface area contributed by atoms with Crippen molar-refractivity contribution in [1.29, 1.82) is 0 Å². The van der Waals surface area contributed by atoms with Gasteiger partial charge in [0.15, 0.2) is 0 Å². The zero-order valence-corrected chi connectivity index (χ0v) is 14.6. The van der Waals surface area contributed by atoms with Crippen LogP contribution < -0.4 is 5.32 Å². The summed E-state index contributed by atoms with van der Waals surface area (Å²) in [5.74, 6) is 0.654. The number of alkyl halides is 3. The monoisotopic (exact) mass is 363 g/mol. The predicted molar refractivity (Wildman–Crippen MR) is 90.1 cm³/mol. The van der Waals surface area contributed by atoms with Gasteiger partial charge in [0.25, 0.3) is 0 Å². The molecule has 1 aromatic rings. The lowest BCUT2D eigenvalue weighted by Crippen LogP contribution is -2.49. The number of rotatable bonds is 8. The Morgan fingerprint density at radius 1 is 1.25 bits per heavy atom. The quantitative estimate of drug-likeness (QED) is 0.510. The van der Waals surface area contributed by atoms with Crippen LogP contribution in [0.15, 0.2) is 24.3 Å². The fraction of sp³-hybridized carbons (Fsp3) is 0.647. The first-order chi connectivity index (χ1) is 11.4. The Morgan fingerprint density at radius 2 is 1.88 bits per heavy atom. The Bertz CT molecular complexity index is 502. The largest absolute Gasteiger partial charge is 0.416 e. The van der Waals surface area contributed by atoms with E-state index in [0.717, 1.165) is 68.4 Å². The smallest absolute Gasteiger partial charge is 0.375 e. The highest BCUT2D eigenvalue weighted by Crippen LogP contribution is 2.42. The van der Waals surface area contributed by atoms with Crippen molar-refractivity contribution in [3.8, 4) is 0 Å². The molecular weight excluding hydrogens is 339 g/mol. The Labute approximate surface area is 145 Å². The molecule has 0 amide bonds. The lowest BCUT2D eigenvalue weighted by molar-refractivity contribution is -0.137. The molecule has 0 heterocycles. The molecule has 24 heavy (non-hydrogen) atoms. The average Bonchev–Trinajstić information content (AvgIpc) is 3.02. The van der Waals surface area contributed by atoms with Gasteiger partial charge < -0.3 is 14.6 Å². The van der Waals surface area contributed by atoms with E-state index in [9.17, 15) is 13.2 Å². The lowest BCUT2D eigenvalue weighted by Gasteiger charge is -2.38. The molecule has 1 aliphatic rings. The summed E-state index contributed by atoms with van der Waals surface area (Å²) in [5.41, 5.74) is -0.139. The SMILES string of the molecule is COC(c1ccc(C(F)(F)F)cc1)C1(NCCCSO)CCCC1. The molecule has 0 bridgehead atoms. The number of hydrogen-bond donors (Lipinski definition) is 2. The van der Waals surface area contributed by atoms with Crippen LogP contribution in [-0.2, 0) is 10.9 Å². The van der Waals surface area contributed by atoms with Crippen molar-refractivity contribution in [3.05, 3.63) is 35.4 Å². The van der Waals surface area contributed by atoms with Crippen LogP contribution in [0.25, 0.3) is 0 Å². The van der Waals surface area contributed by atoms with E-state index in [0.29, 0.717) is 5.75 Å². The maximum Gasteiger partial charge on any atom is 0.416 e. The molecule has 1 unspecified atom stereocenters. The van der Waals surface area contributed by atoms with Crippen LogP contribution >= 0.6 is 12.0 Å². The molecule has 1 saturated carbocycles. The third-order valence-corrected chi connectivity index (χ3v) is 5.13. The fourth-order valence-electron chi connectivity index (χ4n) is 3.54. The van der Waals surface area contributed by atoms with Gasteiger partial charge in [0.05, 0.1) is 5.56 Å². The van der Waals surface area contributed by atoms with Gasteiger partial charge in [-0.1, -0.05) is 25.0 Å². The van der Waals surface area contributed by atoms with E-state index < -0.39 is 11.7 Å². The first-order valence-corrected chi connectivity index (χ1v) is 9.08. The number of nitrogens with one attached hydrogen (secondary N) is 1. The summed E-state index contributed by atoms with van der Waals surface area (Å²) in [6.07, 6.45) is 0.213. The molecule has 2 rings (SSSR count). The van der Waals surface area contributed by atoms with Crippen molar-refractivity contribution >= 4 is 12.0 Å². The summed E-state index contributed by atoms with van der Waals surface area (Å²) < 4.78 is 52.8. The third-order valence-electron chi connectivity index (χ3n) is 4.66. The normalized spacial score (nSPS) is 18.7. The van der Waals surface area contributed by atoms with E-state index in [-0.39, 0.29) is 11.6 Å². The summed E-state index contributed by atoms with van der Waals surface area (Å²) in [7, 11) is 1.60. The van der Waals surface area contributed by atoms with E-state index in [4.69, 9.17) is 9.29 Å². The van der Waals surface area contributed by atoms with Gasteiger partial charge in [0.1, 0.15) is 6.10 Å². The van der Waals surface area contributed by atoms with E-state index in [1.807, 2.05) is 0 Å². The number of benzene rings is 1. The van der Waals surface area contributed by atoms with Crippen LogP contribution in [0.1, 0.15) is 49.3 Å². The molecule has 136 valence electrons. The predicted octanol–water partition coefficient (Wildman–Crippen LogP) is 4.89. The van der Waals surface area contributed by atoms with Gasteiger partial charge in [0.2, 0.25) is 0 Å². The maximum atomic E-state index is 12.8. The van der Waals surface area contributed by atoms with Gasteiger partial charge in [-0.2, -0.15) is 13.2 Å². The number of halogens is 3. The summed E-state index contributed by atoms with van der Waals surface area (Å²) in [6, 6.07) is 5.27. The lowest BCUT2D eigenvalue weighted by atomic mass is 9.85. The topological polar surface area (TPSA) is 41.5 Å². The molecule has 3 nitrogen and oxygen atoms in total. The molecule has 0 aliphatic heterocycles.